The minimum atomic E-state index is -0.209. The van der Waals surface area contributed by atoms with Crippen LogP contribution in [-0.4, -0.2) is 31.1 Å². The quantitative estimate of drug-likeness (QED) is 0.853. The van der Waals surface area contributed by atoms with E-state index in [1.165, 1.54) is 18.2 Å². The Hall–Kier alpha value is -1.94. The number of benzene rings is 2. The van der Waals surface area contributed by atoms with Gasteiger partial charge in [0.2, 0.25) is 0 Å². The average Bonchev–Trinajstić information content (AvgIpc) is 2.76. The summed E-state index contributed by atoms with van der Waals surface area (Å²) in [4.78, 5) is 4.54. The Bertz CT molecular complexity index is 613. The van der Waals surface area contributed by atoms with Gasteiger partial charge >= 0.3 is 0 Å². The first-order chi connectivity index (χ1) is 10.7. The van der Waals surface area contributed by atoms with Crippen LogP contribution < -0.4 is 4.90 Å². The molecule has 2 aromatic rings. The maximum absolute atomic E-state index is 13.8. The van der Waals surface area contributed by atoms with Crippen LogP contribution in [0.5, 0.6) is 0 Å². The van der Waals surface area contributed by atoms with Gasteiger partial charge in [-0.15, -0.1) is 0 Å². The molecule has 1 aliphatic heterocycles. The van der Waals surface area contributed by atoms with E-state index in [9.17, 15) is 8.78 Å². The molecule has 1 saturated heterocycles. The Kier molecular flexibility index (Phi) is 4.68. The molecule has 0 N–H and O–H groups in total. The zero-order chi connectivity index (χ0) is 15.4. The molecule has 0 aromatic heterocycles. The standard InChI is InChI=1S/C18H20F2N2/c19-16-6-8-17(9-7-16)22-11-3-10-21(12-13-22)14-15-4-1-2-5-18(15)20/h1-2,4-9H,3,10-14H2. The second-order valence-corrected chi connectivity index (χ2v) is 5.68. The number of nitrogens with zero attached hydrogens (tertiary/aromatic N) is 2. The lowest BCUT2D eigenvalue weighted by molar-refractivity contribution is 0.281. The van der Waals surface area contributed by atoms with Crippen LogP contribution >= 0.6 is 0 Å². The molecule has 0 saturated carbocycles. The van der Waals surface area contributed by atoms with Crippen molar-refractivity contribution in [2.24, 2.45) is 0 Å². The van der Waals surface area contributed by atoms with Crippen molar-refractivity contribution in [1.29, 1.82) is 0 Å². The van der Waals surface area contributed by atoms with E-state index in [-0.39, 0.29) is 11.6 Å². The fourth-order valence-electron chi connectivity index (χ4n) is 2.91. The zero-order valence-corrected chi connectivity index (χ0v) is 12.5. The molecular formula is C18H20F2N2. The van der Waals surface area contributed by atoms with Gasteiger partial charge in [-0.3, -0.25) is 4.90 Å². The summed E-state index contributed by atoms with van der Waals surface area (Å²) in [5, 5.41) is 0. The number of rotatable bonds is 3. The molecule has 0 amide bonds. The molecule has 0 radical (unpaired) electrons. The van der Waals surface area contributed by atoms with Crippen LogP contribution in [0.15, 0.2) is 48.5 Å². The highest BCUT2D eigenvalue weighted by Crippen LogP contribution is 2.18. The summed E-state index contributed by atoms with van der Waals surface area (Å²) in [6.07, 6.45) is 1.02. The van der Waals surface area contributed by atoms with E-state index in [4.69, 9.17) is 0 Å². The summed E-state index contributed by atoms with van der Waals surface area (Å²) in [7, 11) is 0. The van der Waals surface area contributed by atoms with Gasteiger partial charge in [-0.05, 0) is 36.8 Å². The van der Waals surface area contributed by atoms with Gasteiger partial charge in [0, 0.05) is 44.0 Å². The minimum absolute atomic E-state index is 0.137. The molecule has 4 heteroatoms. The van der Waals surface area contributed by atoms with E-state index in [1.807, 2.05) is 24.3 Å². The lowest BCUT2D eigenvalue weighted by Gasteiger charge is -2.23. The fraction of sp³-hybridized carbons (Fsp3) is 0.333. The van der Waals surface area contributed by atoms with Crippen LogP contribution in [0, 0.1) is 11.6 Å². The predicted octanol–water partition coefficient (Wildman–Crippen LogP) is 3.68. The van der Waals surface area contributed by atoms with Crippen molar-refractivity contribution in [2.75, 3.05) is 31.1 Å². The Morgan fingerprint density at radius 1 is 0.818 bits per heavy atom. The van der Waals surface area contributed by atoms with Gasteiger partial charge in [-0.1, -0.05) is 18.2 Å². The van der Waals surface area contributed by atoms with E-state index in [0.29, 0.717) is 6.54 Å². The first-order valence-corrected chi connectivity index (χ1v) is 7.68. The van der Waals surface area contributed by atoms with Crippen molar-refractivity contribution in [2.45, 2.75) is 13.0 Å². The van der Waals surface area contributed by atoms with Crippen molar-refractivity contribution in [3.8, 4) is 0 Å². The van der Waals surface area contributed by atoms with Crippen molar-refractivity contribution >= 4 is 5.69 Å². The van der Waals surface area contributed by atoms with Crippen LogP contribution in [0.25, 0.3) is 0 Å². The van der Waals surface area contributed by atoms with Gasteiger partial charge in [-0.2, -0.15) is 0 Å². The van der Waals surface area contributed by atoms with E-state index < -0.39 is 0 Å². The van der Waals surface area contributed by atoms with E-state index in [2.05, 4.69) is 9.80 Å². The second-order valence-electron chi connectivity index (χ2n) is 5.68. The highest BCUT2D eigenvalue weighted by atomic mass is 19.1. The number of halogens is 2. The largest absolute Gasteiger partial charge is 0.370 e. The number of hydrogen-bond donors (Lipinski definition) is 0. The summed E-state index contributed by atoms with van der Waals surface area (Å²) in [6, 6.07) is 13.6. The molecule has 0 spiro atoms. The average molecular weight is 302 g/mol. The Morgan fingerprint density at radius 2 is 1.59 bits per heavy atom. The highest BCUT2D eigenvalue weighted by molar-refractivity contribution is 5.46. The van der Waals surface area contributed by atoms with Crippen LogP contribution in [-0.2, 0) is 6.54 Å². The van der Waals surface area contributed by atoms with E-state index in [0.717, 1.165) is 43.9 Å². The zero-order valence-electron chi connectivity index (χ0n) is 12.5. The molecule has 1 heterocycles. The van der Waals surface area contributed by atoms with Gasteiger partial charge < -0.3 is 4.90 Å². The van der Waals surface area contributed by atoms with Crippen molar-refractivity contribution < 1.29 is 8.78 Å². The van der Waals surface area contributed by atoms with Crippen molar-refractivity contribution in [3.63, 3.8) is 0 Å². The molecule has 0 bridgehead atoms. The van der Waals surface area contributed by atoms with E-state index in [1.54, 1.807) is 6.07 Å². The van der Waals surface area contributed by atoms with Crippen LogP contribution in [0.2, 0.25) is 0 Å². The maximum Gasteiger partial charge on any atom is 0.127 e. The molecule has 2 aromatic carbocycles. The fourth-order valence-corrected chi connectivity index (χ4v) is 2.91. The third-order valence-corrected chi connectivity index (χ3v) is 4.13. The Balaban J connectivity index is 1.62. The number of hydrogen-bond acceptors (Lipinski definition) is 2. The van der Waals surface area contributed by atoms with Gasteiger partial charge in [0.15, 0.2) is 0 Å². The maximum atomic E-state index is 13.8. The lowest BCUT2D eigenvalue weighted by Crippen LogP contribution is -2.30. The smallest absolute Gasteiger partial charge is 0.127 e. The molecule has 1 fully saturated rings. The third-order valence-electron chi connectivity index (χ3n) is 4.13. The van der Waals surface area contributed by atoms with Gasteiger partial charge in [0.05, 0.1) is 0 Å². The van der Waals surface area contributed by atoms with Crippen LogP contribution in [0.3, 0.4) is 0 Å². The summed E-state index contributed by atoms with van der Waals surface area (Å²) >= 11 is 0. The lowest BCUT2D eigenvalue weighted by atomic mass is 10.2. The molecule has 0 atom stereocenters. The van der Waals surface area contributed by atoms with Gasteiger partial charge in [0.25, 0.3) is 0 Å². The Morgan fingerprint density at radius 3 is 2.36 bits per heavy atom. The summed E-state index contributed by atoms with van der Waals surface area (Å²) in [5.41, 5.74) is 1.80. The SMILES string of the molecule is Fc1ccc(N2CCCN(Cc3ccccc3F)CC2)cc1. The van der Waals surface area contributed by atoms with Crippen molar-refractivity contribution in [3.05, 3.63) is 65.7 Å². The molecule has 116 valence electrons. The first-order valence-electron chi connectivity index (χ1n) is 7.68. The monoisotopic (exact) mass is 302 g/mol. The topological polar surface area (TPSA) is 6.48 Å². The molecule has 1 aliphatic rings. The summed E-state index contributed by atoms with van der Waals surface area (Å²) in [5.74, 6) is -0.345. The Labute approximate surface area is 130 Å². The van der Waals surface area contributed by atoms with E-state index >= 15 is 0 Å². The molecule has 22 heavy (non-hydrogen) atoms. The third kappa shape index (κ3) is 3.63. The minimum Gasteiger partial charge on any atom is -0.370 e. The molecule has 3 rings (SSSR count). The summed E-state index contributed by atoms with van der Waals surface area (Å²) in [6.45, 7) is 4.29. The molecule has 0 aliphatic carbocycles. The van der Waals surface area contributed by atoms with Crippen LogP contribution in [0.4, 0.5) is 14.5 Å². The predicted molar refractivity (Wildman–Crippen MR) is 84.9 cm³/mol. The summed E-state index contributed by atoms with van der Waals surface area (Å²) < 4.78 is 26.8. The highest BCUT2D eigenvalue weighted by Gasteiger charge is 2.16. The van der Waals surface area contributed by atoms with Gasteiger partial charge in [-0.25, -0.2) is 8.78 Å². The number of anilines is 1. The molecule has 0 unspecified atom stereocenters. The van der Waals surface area contributed by atoms with Crippen LogP contribution in [0.1, 0.15) is 12.0 Å². The molecular weight excluding hydrogens is 282 g/mol. The normalized spacial score (nSPS) is 16.5. The van der Waals surface area contributed by atoms with Gasteiger partial charge in [0.1, 0.15) is 11.6 Å². The molecule has 2 nitrogen and oxygen atoms in total. The first kappa shape index (κ1) is 15.0. The second kappa shape index (κ2) is 6.88. The van der Waals surface area contributed by atoms with Crippen molar-refractivity contribution in [1.82, 2.24) is 4.90 Å².